The number of hydrogen-bond donors (Lipinski definition) is 2. The Kier molecular flexibility index (Phi) is 3.39. The topological polar surface area (TPSA) is 54.8 Å². The fourth-order valence-electron chi connectivity index (χ4n) is 3.21. The quantitative estimate of drug-likeness (QED) is 0.528. The summed E-state index contributed by atoms with van der Waals surface area (Å²) in [5.74, 6) is 0. The van der Waals surface area contributed by atoms with Crippen molar-refractivity contribution in [3.8, 4) is 5.69 Å². The third-order valence-electron chi connectivity index (χ3n) is 4.28. The molecule has 0 radical (unpaired) electrons. The van der Waals surface area contributed by atoms with Gasteiger partial charge in [0.2, 0.25) is 0 Å². The first kappa shape index (κ1) is 14.3. The maximum absolute atomic E-state index is 7.20. The Morgan fingerprint density at radius 3 is 2.08 bits per heavy atom. The van der Waals surface area contributed by atoms with Crippen molar-refractivity contribution in [2.75, 3.05) is 0 Å². The highest BCUT2D eigenvalue weighted by Gasteiger charge is 2.11. The van der Waals surface area contributed by atoms with Crippen LogP contribution in [0.1, 0.15) is 5.56 Å². The molecule has 1 aromatic heterocycles. The van der Waals surface area contributed by atoms with Crippen LogP contribution >= 0.6 is 0 Å². The molecule has 3 heteroatoms. The van der Waals surface area contributed by atoms with Gasteiger partial charge in [-0.15, -0.1) is 0 Å². The number of rotatable bonds is 3. The molecule has 116 valence electrons. The summed E-state index contributed by atoms with van der Waals surface area (Å²) in [4.78, 5) is 0. The summed E-state index contributed by atoms with van der Waals surface area (Å²) < 4.78 is 2.26. The third kappa shape index (κ3) is 2.18. The number of hydrogen-bond acceptors (Lipinski definition) is 2. The Bertz CT molecular complexity index is 1030. The molecule has 0 spiro atoms. The lowest BCUT2D eigenvalue weighted by atomic mass is 10.1. The van der Waals surface area contributed by atoms with Crippen LogP contribution in [-0.2, 0) is 0 Å². The fraction of sp³-hybridized carbons (Fsp3) is 0. The SMILES string of the molecule is N=C/C=C(\N)c1cccc(-n2c3ccccc3c3ccccc32)c1. The molecule has 3 N–H and O–H groups in total. The van der Waals surface area contributed by atoms with E-state index < -0.39 is 0 Å². The Morgan fingerprint density at radius 2 is 1.46 bits per heavy atom. The molecule has 0 saturated carbocycles. The molecule has 4 rings (SSSR count). The van der Waals surface area contributed by atoms with Crippen molar-refractivity contribution < 1.29 is 0 Å². The van der Waals surface area contributed by atoms with Gasteiger partial charge >= 0.3 is 0 Å². The smallest absolute Gasteiger partial charge is 0.0541 e. The average molecular weight is 311 g/mol. The zero-order chi connectivity index (χ0) is 16.5. The van der Waals surface area contributed by atoms with Gasteiger partial charge in [0, 0.05) is 28.4 Å². The standard InChI is InChI=1S/C21H17N3/c22-13-12-19(23)15-6-5-7-16(14-15)24-20-10-3-1-8-17(20)18-9-2-4-11-21(18)24/h1-14,22H,23H2/b19-12-,22-13?. The highest BCUT2D eigenvalue weighted by Crippen LogP contribution is 2.32. The molecule has 1 heterocycles. The van der Waals surface area contributed by atoms with Crippen LogP contribution in [0.15, 0.2) is 78.9 Å². The van der Waals surface area contributed by atoms with Crippen LogP contribution in [0.25, 0.3) is 33.2 Å². The molecule has 0 aliphatic carbocycles. The summed E-state index contributed by atoms with van der Waals surface area (Å²) in [6.07, 6.45) is 2.81. The first-order valence-corrected chi connectivity index (χ1v) is 7.85. The average Bonchev–Trinajstić information content (AvgIpc) is 2.97. The third-order valence-corrected chi connectivity index (χ3v) is 4.28. The van der Waals surface area contributed by atoms with Crippen LogP contribution in [0.3, 0.4) is 0 Å². The molecule has 4 aromatic rings. The van der Waals surface area contributed by atoms with Crippen LogP contribution in [0, 0.1) is 5.41 Å². The number of fused-ring (bicyclic) bond motifs is 3. The lowest BCUT2D eigenvalue weighted by molar-refractivity contribution is 1.18. The second kappa shape index (κ2) is 5.70. The van der Waals surface area contributed by atoms with Crippen molar-refractivity contribution >= 4 is 33.7 Å². The van der Waals surface area contributed by atoms with E-state index in [9.17, 15) is 0 Å². The zero-order valence-electron chi connectivity index (χ0n) is 13.1. The number of allylic oxidation sites excluding steroid dienone is 1. The predicted molar refractivity (Wildman–Crippen MR) is 102 cm³/mol. The van der Waals surface area contributed by atoms with Gasteiger partial charge in [0.25, 0.3) is 0 Å². The Morgan fingerprint density at radius 1 is 0.833 bits per heavy atom. The number of nitrogens with one attached hydrogen (secondary N) is 1. The highest BCUT2D eigenvalue weighted by atomic mass is 15.0. The van der Waals surface area contributed by atoms with Crippen molar-refractivity contribution in [3.63, 3.8) is 0 Å². The van der Waals surface area contributed by atoms with E-state index in [0.717, 1.165) is 11.3 Å². The minimum Gasteiger partial charge on any atom is -0.398 e. The van der Waals surface area contributed by atoms with Gasteiger partial charge in [-0.25, -0.2) is 0 Å². The van der Waals surface area contributed by atoms with Gasteiger partial charge in [0.15, 0.2) is 0 Å². The van der Waals surface area contributed by atoms with Gasteiger partial charge in [-0.3, -0.25) is 0 Å². The lowest BCUT2D eigenvalue weighted by Crippen LogP contribution is -1.99. The Labute approximate surface area is 140 Å². The van der Waals surface area contributed by atoms with Gasteiger partial charge in [-0.1, -0.05) is 48.5 Å². The number of aromatic nitrogens is 1. The van der Waals surface area contributed by atoms with Crippen molar-refractivity contribution in [3.05, 3.63) is 84.4 Å². The van der Waals surface area contributed by atoms with E-state index in [2.05, 4.69) is 65.2 Å². The van der Waals surface area contributed by atoms with Crippen molar-refractivity contribution in [1.82, 2.24) is 4.57 Å². The second-order valence-electron chi connectivity index (χ2n) is 5.71. The number of nitrogens with two attached hydrogens (primary N) is 1. The first-order chi connectivity index (χ1) is 11.8. The summed E-state index contributed by atoms with van der Waals surface area (Å²) in [5, 5.41) is 9.68. The normalized spacial score (nSPS) is 11.9. The van der Waals surface area contributed by atoms with Crippen molar-refractivity contribution in [2.45, 2.75) is 0 Å². The molecule has 0 bridgehead atoms. The molecule has 0 saturated heterocycles. The minimum atomic E-state index is 0.590. The number of benzene rings is 3. The lowest BCUT2D eigenvalue weighted by Gasteiger charge is -2.10. The maximum Gasteiger partial charge on any atom is 0.0541 e. The van der Waals surface area contributed by atoms with E-state index in [1.807, 2.05) is 12.1 Å². The monoisotopic (exact) mass is 311 g/mol. The van der Waals surface area contributed by atoms with E-state index in [1.165, 1.54) is 28.0 Å². The maximum atomic E-state index is 7.20. The molecule has 0 unspecified atom stereocenters. The Hall–Kier alpha value is -3.33. The molecule has 24 heavy (non-hydrogen) atoms. The predicted octanol–water partition coefficient (Wildman–Crippen LogP) is 4.73. The fourth-order valence-corrected chi connectivity index (χ4v) is 3.21. The minimum absolute atomic E-state index is 0.590. The van der Waals surface area contributed by atoms with Crippen molar-refractivity contribution in [1.29, 1.82) is 5.41 Å². The van der Waals surface area contributed by atoms with E-state index >= 15 is 0 Å². The van der Waals surface area contributed by atoms with Crippen LogP contribution in [0.4, 0.5) is 0 Å². The van der Waals surface area contributed by atoms with E-state index in [0.29, 0.717) is 5.70 Å². The molecular formula is C21H17N3. The molecule has 0 aliphatic heterocycles. The summed E-state index contributed by atoms with van der Waals surface area (Å²) >= 11 is 0. The molecule has 0 fully saturated rings. The van der Waals surface area contributed by atoms with Crippen LogP contribution < -0.4 is 5.73 Å². The summed E-state index contributed by atoms with van der Waals surface area (Å²) in [6, 6.07) is 25.0. The second-order valence-corrected chi connectivity index (χ2v) is 5.71. The van der Waals surface area contributed by atoms with E-state index in [4.69, 9.17) is 11.1 Å². The highest BCUT2D eigenvalue weighted by molar-refractivity contribution is 6.09. The first-order valence-electron chi connectivity index (χ1n) is 7.85. The molecule has 0 atom stereocenters. The molecule has 3 aromatic carbocycles. The van der Waals surface area contributed by atoms with Crippen molar-refractivity contribution in [2.24, 2.45) is 5.73 Å². The van der Waals surface area contributed by atoms with Crippen LogP contribution in [0.2, 0.25) is 0 Å². The summed E-state index contributed by atoms with van der Waals surface area (Å²) in [5.41, 5.74) is 11.0. The van der Waals surface area contributed by atoms with E-state index in [-0.39, 0.29) is 0 Å². The van der Waals surface area contributed by atoms with Gasteiger partial charge in [-0.05, 0) is 35.9 Å². The number of nitrogens with zero attached hydrogens (tertiary/aromatic N) is 1. The van der Waals surface area contributed by atoms with Gasteiger partial charge in [-0.2, -0.15) is 0 Å². The molecule has 0 aliphatic rings. The summed E-state index contributed by atoms with van der Waals surface area (Å²) in [6.45, 7) is 0. The molecule has 3 nitrogen and oxygen atoms in total. The van der Waals surface area contributed by atoms with Gasteiger partial charge in [0.1, 0.15) is 0 Å². The summed E-state index contributed by atoms with van der Waals surface area (Å²) in [7, 11) is 0. The zero-order valence-corrected chi connectivity index (χ0v) is 13.1. The largest absolute Gasteiger partial charge is 0.398 e. The number of para-hydroxylation sites is 2. The van der Waals surface area contributed by atoms with Gasteiger partial charge in [0.05, 0.1) is 11.0 Å². The molecule has 0 amide bonds. The van der Waals surface area contributed by atoms with Gasteiger partial charge < -0.3 is 15.7 Å². The Balaban J connectivity index is 2.04. The molecular weight excluding hydrogens is 294 g/mol. The van der Waals surface area contributed by atoms with Crippen LogP contribution in [0.5, 0.6) is 0 Å². The van der Waals surface area contributed by atoms with E-state index in [1.54, 1.807) is 6.08 Å². The van der Waals surface area contributed by atoms with Crippen LogP contribution in [-0.4, -0.2) is 10.8 Å².